The first-order chi connectivity index (χ1) is 10.1. The second kappa shape index (κ2) is 5.99. The van der Waals surface area contributed by atoms with E-state index in [2.05, 4.69) is 9.88 Å². The van der Waals surface area contributed by atoms with Crippen molar-refractivity contribution in [2.45, 2.75) is 20.4 Å². The summed E-state index contributed by atoms with van der Waals surface area (Å²) in [4.78, 5) is 21.7. The zero-order chi connectivity index (χ0) is 14.8. The Labute approximate surface area is 128 Å². The van der Waals surface area contributed by atoms with Gasteiger partial charge in [0.15, 0.2) is 0 Å². The van der Waals surface area contributed by atoms with Crippen molar-refractivity contribution in [3.05, 3.63) is 39.7 Å². The lowest BCUT2D eigenvalue weighted by Gasteiger charge is -2.33. The highest BCUT2D eigenvalue weighted by Gasteiger charge is 2.23. The molecule has 1 amide bonds. The Balaban J connectivity index is 1.54. The van der Waals surface area contributed by atoms with Gasteiger partial charge in [-0.3, -0.25) is 9.69 Å². The number of nitrogens with zero attached hydrogens (tertiary/aromatic N) is 3. The largest absolute Gasteiger partial charge is 0.444 e. The molecule has 3 heterocycles. The molecule has 0 radical (unpaired) electrons. The third kappa shape index (κ3) is 3.16. The van der Waals surface area contributed by atoms with Gasteiger partial charge in [0.1, 0.15) is 5.76 Å². The summed E-state index contributed by atoms with van der Waals surface area (Å²) >= 11 is 1.50. The van der Waals surface area contributed by atoms with Gasteiger partial charge in [-0.2, -0.15) is 0 Å². The van der Waals surface area contributed by atoms with Gasteiger partial charge in [0, 0.05) is 26.2 Å². The molecule has 6 heteroatoms. The van der Waals surface area contributed by atoms with E-state index in [0.717, 1.165) is 54.9 Å². The smallest absolute Gasteiger partial charge is 0.264 e. The first kappa shape index (κ1) is 14.3. The Hall–Kier alpha value is -1.66. The molecule has 0 saturated carbocycles. The minimum absolute atomic E-state index is 0.146. The van der Waals surface area contributed by atoms with Crippen molar-refractivity contribution in [2.24, 2.45) is 0 Å². The summed E-state index contributed by atoms with van der Waals surface area (Å²) in [6.07, 6.45) is 0. The van der Waals surface area contributed by atoms with E-state index in [1.807, 2.05) is 36.3 Å². The second-order valence-corrected chi connectivity index (χ2v) is 6.24. The maximum absolute atomic E-state index is 12.3. The molecule has 0 bridgehead atoms. The van der Waals surface area contributed by atoms with Crippen LogP contribution in [0.15, 0.2) is 21.9 Å². The number of rotatable bonds is 3. The summed E-state index contributed by atoms with van der Waals surface area (Å²) in [7, 11) is 0. The summed E-state index contributed by atoms with van der Waals surface area (Å²) < 4.78 is 5.62. The Morgan fingerprint density at radius 2 is 2.10 bits per heavy atom. The van der Waals surface area contributed by atoms with Gasteiger partial charge in [0.25, 0.3) is 5.91 Å². The Morgan fingerprint density at radius 1 is 1.33 bits per heavy atom. The highest BCUT2D eigenvalue weighted by atomic mass is 32.1. The fourth-order valence-electron chi connectivity index (χ4n) is 2.46. The molecule has 1 aliphatic rings. The van der Waals surface area contributed by atoms with E-state index < -0.39 is 0 Å². The van der Waals surface area contributed by atoms with Crippen LogP contribution in [0.2, 0.25) is 0 Å². The molecule has 112 valence electrons. The van der Waals surface area contributed by atoms with Crippen molar-refractivity contribution in [1.82, 2.24) is 14.8 Å². The summed E-state index contributed by atoms with van der Waals surface area (Å²) in [5.74, 6) is 1.80. The fraction of sp³-hybridized carbons (Fsp3) is 0.467. The number of carbonyl (C=O) groups excluding carboxylic acids is 1. The van der Waals surface area contributed by atoms with E-state index in [1.54, 1.807) is 0 Å². The molecular formula is C15H19N3O2S. The lowest BCUT2D eigenvalue weighted by Crippen LogP contribution is -2.48. The normalized spacial score (nSPS) is 16.4. The van der Waals surface area contributed by atoms with Crippen LogP contribution in [0.25, 0.3) is 0 Å². The lowest BCUT2D eigenvalue weighted by molar-refractivity contribution is 0.0622. The maximum Gasteiger partial charge on any atom is 0.264 e. The molecule has 5 nitrogen and oxygen atoms in total. The number of aromatic nitrogens is 1. The van der Waals surface area contributed by atoms with Crippen molar-refractivity contribution in [3.63, 3.8) is 0 Å². The minimum atomic E-state index is 0.146. The van der Waals surface area contributed by atoms with E-state index in [4.69, 9.17) is 4.42 Å². The lowest BCUT2D eigenvalue weighted by atomic mass is 10.3. The van der Waals surface area contributed by atoms with Gasteiger partial charge in [-0.1, -0.05) is 6.07 Å². The summed E-state index contributed by atoms with van der Waals surface area (Å²) in [5.41, 5.74) is 0.955. The van der Waals surface area contributed by atoms with Gasteiger partial charge in [0.2, 0.25) is 5.89 Å². The van der Waals surface area contributed by atoms with Crippen LogP contribution in [-0.4, -0.2) is 46.9 Å². The standard InChI is InChI=1S/C15H19N3O2S/c1-11-12(2)20-14(16-11)10-17-5-7-18(8-6-17)15(19)13-4-3-9-21-13/h3-4,9H,5-8,10H2,1-2H3. The van der Waals surface area contributed by atoms with Crippen molar-refractivity contribution in [3.8, 4) is 0 Å². The molecule has 3 rings (SSSR count). The molecule has 21 heavy (non-hydrogen) atoms. The summed E-state index contributed by atoms with van der Waals surface area (Å²) in [6.45, 7) is 7.85. The molecule has 1 fully saturated rings. The fourth-order valence-corrected chi connectivity index (χ4v) is 3.15. The number of oxazole rings is 1. The van der Waals surface area contributed by atoms with Gasteiger partial charge in [-0.25, -0.2) is 4.98 Å². The van der Waals surface area contributed by atoms with Crippen molar-refractivity contribution in [2.75, 3.05) is 26.2 Å². The number of amides is 1. The molecule has 0 atom stereocenters. The third-order valence-electron chi connectivity index (χ3n) is 3.82. The summed E-state index contributed by atoms with van der Waals surface area (Å²) in [6, 6.07) is 3.80. The molecule has 2 aromatic heterocycles. The number of carbonyl (C=O) groups is 1. The van der Waals surface area contributed by atoms with Crippen LogP contribution < -0.4 is 0 Å². The molecule has 0 spiro atoms. The van der Waals surface area contributed by atoms with Gasteiger partial charge in [0.05, 0.1) is 17.1 Å². The van der Waals surface area contributed by atoms with Gasteiger partial charge in [-0.05, 0) is 25.3 Å². The minimum Gasteiger partial charge on any atom is -0.444 e. The average molecular weight is 305 g/mol. The number of thiophene rings is 1. The highest BCUT2D eigenvalue weighted by Crippen LogP contribution is 2.15. The van der Waals surface area contributed by atoms with Gasteiger partial charge < -0.3 is 9.32 Å². The molecule has 2 aromatic rings. The van der Waals surface area contributed by atoms with Crippen molar-refractivity contribution >= 4 is 17.2 Å². The van der Waals surface area contributed by atoms with E-state index in [0.29, 0.717) is 0 Å². The number of hydrogen-bond donors (Lipinski definition) is 0. The van der Waals surface area contributed by atoms with Gasteiger partial charge >= 0.3 is 0 Å². The Morgan fingerprint density at radius 3 is 2.67 bits per heavy atom. The van der Waals surface area contributed by atoms with Crippen LogP contribution in [0.5, 0.6) is 0 Å². The Bertz CT molecular complexity index is 593. The van der Waals surface area contributed by atoms with E-state index in [9.17, 15) is 4.79 Å². The molecule has 0 unspecified atom stereocenters. The zero-order valence-electron chi connectivity index (χ0n) is 12.3. The van der Waals surface area contributed by atoms with Gasteiger partial charge in [-0.15, -0.1) is 11.3 Å². The van der Waals surface area contributed by atoms with Crippen LogP contribution in [0.4, 0.5) is 0 Å². The molecular weight excluding hydrogens is 286 g/mol. The van der Waals surface area contributed by atoms with Crippen LogP contribution in [0, 0.1) is 13.8 Å². The zero-order valence-corrected chi connectivity index (χ0v) is 13.2. The molecule has 0 aliphatic carbocycles. The second-order valence-electron chi connectivity index (χ2n) is 5.29. The summed E-state index contributed by atoms with van der Waals surface area (Å²) in [5, 5.41) is 1.94. The molecule has 0 N–H and O–H groups in total. The van der Waals surface area contributed by atoms with E-state index in [-0.39, 0.29) is 5.91 Å². The van der Waals surface area contributed by atoms with Crippen molar-refractivity contribution in [1.29, 1.82) is 0 Å². The first-order valence-electron chi connectivity index (χ1n) is 7.11. The molecule has 1 saturated heterocycles. The Kier molecular flexibility index (Phi) is 4.07. The quantitative estimate of drug-likeness (QED) is 0.873. The third-order valence-corrected chi connectivity index (χ3v) is 4.68. The first-order valence-corrected chi connectivity index (χ1v) is 7.99. The molecule has 1 aliphatic heterocycles. The average Bonchev–Trinajstić information content (AvgIpc) is 3.10. The number of hydrogen-bond acceptors (Lipinski definition) is 5. The predicted octanol–water partition coefficient (Wildman–Crippen LogP) is 2.31. The SMILES string of the molecule is Cc1nc(CN2CCN(C(=O)c3cccs3)CC2)oc1C. The topological polar surface area (TPSA) is 49.6 Å². The van der Waals surface area contributed by atoms with Crippen LogP contribution in [0.3, 0.4) is 0 Å². The molecule has 0 aromatic carbocycles. The number of aryl methyl sites for hydroxylation is 2. The van der Waals surface area contributed by atoms with Crippen LogP contribution in [0.1, 0.15) is 27.0 Å². The number of piperazine rings is 1. The highest BCUT2D eigenvalue weighted by molar-refractivity contribution is 7.12. The predicted molar refractivity (Wildman–Crippen MR) is 81.5 cm³/mol. The van der Waals surface area contributed by atoms with E-state index >= 15 is 0 Å². The maximum atomic E-state index is 12.3. The van der Waals surface area contributed by atoms with E-state index in [1.165, 1.54) is 11.3 Å². The van der Waals surface area contributed by atoms with Crippen LogP contribution in [-0.2, 0) is 6.54 Å². The monoisotopic (exact) mass is 305 g/mol. The van der Waals surface area contributed by atoms with Crippen molar-refractivity contribution < 1.29 is 9.21 Å². The van der Waals surface area contributed by atoms with Crippen LogP contribution >= 0.6 is 11.3 Å².